The van der Waals surface area contributed by atoms with E-state index < -0.39 is 0 Å². The quantitative estimate of drug-likeness (QED) is 0.730. The van der Waals surface area contributed by atoms with Crippen LogP contribution >= 0.6 is 0 Å². The van der Waals surface area contributed by atoms with Crippen LogP contribution in [0.4, 0.5) is 0 Å². The molecule has 1 aliphatic carbocycles. The highest BCUT2D eigenvalue weighted by atomic mass is 16.5. The fourth-order valence-electron chi connectivity index (χ4n) is 4.36. The van der Waals surface area contributed by atoms with Gasteiger partial charge in [0, 0.05) is 44.7 Å². The van der Waals surface area contributed by atoms with E-state index in [0.717, 1.165) is 68.5 Å². The summed E-state index contributed by atoms with van der Waals surface area (Å²) in [5.74, 6) is 2.87. The Morgan fingerprint density at radius 3 is 2.44 bits per heavy atom. The maximum Gasteiger partial charge on any atom is 0.222 e. The fourth-order valence-corrected chi connectivity index (χ4v) is 4.36. The molecule has 0 radical (unpaired) electrons. The van der Waals surface area contributed by atoms with Gasteiger partial charge in [-0.25, -0.2) is 0 Å². The SMILES string of the molecule is COc1ccc(OC)c(CN2CCN(C(=O)CCC3CCCCC3)CC2)c1. The molecule has 0 bridgehead atoms. The number of benzene rings is 1. The molecule has 150 valence electrons. The largest absolute Gasteiger partial charge is 0.497 e. The summed E-state index contributed by atoms with van der Waals surface area (Å²) in [6.07, 6.45) is 8.54. The number of hydrogen-bond acceptors (Lipinski definition) is 4. The molecule has 1 aromatic carbocycles. The first kappa shape index (κ1) is 20.0. The Balaban J connectivity index is 1.45. The van der Waals surface area contributed by atoms with E-state index in [1.54, 1.807) is 14.2 Å². The van der Waals surface area contributed by atoms with Crippen molar-refractivity contribution in [2.75, 3.05) is 40.4 Å². The van der Waals surface area contributed by atoms with Gasteiger partial charge in [0.1, 0.15) is 11.5 Å². The van der Waals surface area contributed by atoms with Gasteiger partial charge in [0.2, 0.25) is 5.91 Å². The Morgan fingerprint density at radius 1 is 1.04 bits per heavy atom. The van der Waals surface area contributed by atoms with Crippen LogP contribution in [0.1, 0.15) is 50.5 Å². The summed E-state index contributed by atoms with van der Waals surface area (Å²) in [5, 5.41) is 0. The van der Waals surface area contributed by atoms with Crippen molar-refractivity contribution in [2.45, 2.75) is 51.5 Å². The van der Waals surface area contributed by atoms with Crippen LogP contribution in [-0.2, 0) is 11.3 Å². The first-order valence-electron chi connectivity index (χ1n) is 10.4. The molecule has 27 heavy (non-hydrogen) atoms. The van der Waals surface area contributed by atoms with Crippen LogP contribution in [0.2, 0.25) is 0 Å². The van der Waals surface area contributed by atoms with Crippen LogP contribution in [0.15, 0.2) is 18.2 Å². The van der Waals surface area contributed by atoms with Gasteiger partial charge in [-0.1, -0.05) is 32.1 Å². The number of carbonyl (C=O) groups excluding carboxylic acids is 1. The monoisotopic (exact) mass is 374 g/mol. The summed E-state index contributed by atoms with van der Waals surface area (Å²) < 4.78 is 10.8. The summed E-state index contributed by atoms with van der Waals surface area (Å²) in [5.41, 5.74) is 1.13. The lowest BCUT2D eigenvalue weighted by molar-refractivity contribution is -0.133. The summed E-state index contributed by atoms with van der Waals surface area (Å²) in [4.78, 5) is 17.0. The van der Waals surface area contributed by atoms with Gasteiger partial charge in [-0.05, 0) is 30.5 Å². The normalized spacial score (nSPS) is 19.1. The Morgan fingerprint density at radius 2 is 1.78 bits per heavy atom. The van der Waals surface area contributed by atoms with Crippen molar-refractivity contribution in [2.24, 2.45) is 5.92 Å². The molecular weight excluding hydrogens is 340 g/mol. The average molecular weight is 375 g/mol. The minimum absolute atomic E-state index is 0.346. The van der Waals surface area contributed by atoms with Gasteiger partial charge in [-0.15, -0.1) is 0 Å². The van der Waals surface area contributed by atoms with Gasteiger partial charge >= 0.3 is 0 Å². The molecule has 5 nitrogen and oxygen atoms in total. The minimum Gasteiger partial charge on any atom is -0.497 e. The highest BCUT2D eigenvalue weighted by Gasteiger charge is 2.23. The molecule has 2 aliphatic rings. The standard InChI is InChI=1S/C22H34N2O3/c1-26-20-9-10-21(27-2)19(16-20)17-23-12-14-24(15-13-23)22(25)11-8-18-6-4-3-5-7-18/h9-10,16,18H,3-8,11-15,17H2,1-2H3. The second kappa shape index (κ2) is 9.98. The number of rotatable bonds is 7. The molecule has 1 heterocycles. The van der Waals surface area contributed by atoms with E-state index in [2.05, 4.69) is 9.80 Å². The molecule has 1 aliphatic heterocycles. The van der Waals surface area contributed by atoms with Gasteiger partial charge in [0.05, 0.1) is 14.2 Å². The predicted octanol–water partition coefficient (Wildman–Crippen LogP) is 3.71. The Labute approximate surface area is 163 Å². The number of ether oxygens (including phenoxy) is 2. The molecule has 5 heteroatoms. The van der Waals surface area contributed by atoms with E-state index >= 15 is 0 Å². The summed E-state index contributed by atoms with van der Waals surface area (Å²) in [6.45, 7) is 4.31. The smallest absolute Gasteiger partial charge is 0.222 e. The third kappa shape index (κ3) is 5.61. The fraction of sp³-hybridized carbons (Fsp3) is 0.682. The van der Waals surface area contributed by atoms with Gasteiger partial charge in [0.25, 0.3) is 0 Å². The van der Waals surface area contributed by atoms with Crippen molar-refractivity contribution in [1.29, 1.82) is 0 Å². The highest BCUT2D eigenvalue weighted by molar-refractivity contribution is 5.76. The molecule has 0 spiro atoms. The third-order valence-electron chi connectivity index (χ3n) is 6.10. The molecule has 0 unspecified atom stereocenters. The molecule has 0 aromatic heterocycles. The minimum atomic E-state index is 0.346. The Kier molecular flexibility index (Phi) is 7.39. The lowest BCUT2D eigenvalue weighted by Gasteiger charge is -2.35. The van der Waals surface area contributed by atoms with Crippen molar-refractivity contribution in [3.8, 4) is 11.5 Å². The molecule has 1 saturated heterocycles. The number of methoxy groups -OCH3 is 2. The van der Waals surface area contributed by atoms with Gasteiger partial charge in [0.15, 0.2) is 0 Å². The topological polar surface area (TPSA) is 42.0 Å². The van der Waals surface area contributed by atoms with E-state index in [0.29, 0.717) is 5.91 Å². The van der Waals surface area contributed by atoms with E-state index in [4.69, 9.17) is 9.47 Å². The number of piperazine rings is 1. The molecule has 1 amide bonds. The zero-order valence-electron chi connectivity index (χ0n) is 16.9. The number of hydrogen-bond donors (Lipinski definition) is 0. The second-order valence-electron chi connectivity index (χ2n) is 7.88. The molecule has 2 fully saturated rings. The molecular formula is C22H34N2O3. The summed E-state index contributed by atoms with van der Waals surface area (Å²) in [6, 6.07) is 5.92. The van der Waals surface area contributed by atoms with Crippen molar-refractivity contribution in [3.05, 3.63) is 23.8 Å². The van der Waals surface area contributed by atoms with Crippen LogP contribution in [0.5, 0.6) is 11.5 Å². The second-order valence-corrected chi connectivity index (χ2v) is 7.88. The lowest BCUT2D eigenvalue weighted by atomic mass is 9.86. The third-order valence-corrected chi connectivity index (χ3v) is 6.10. The highest BCUT2D eigenvalue weighted by Crippen LogP contribution is 2.28. The van der Waals surface area contributed by atoms with Crippen LogP contribution in [0, 0.1) is 5.92 Å². The predicted molar refractivity (Wildman–Crippen MR) is 107 cm³/mol. The van der Waals surface area contributed by atoms with Gasteiger partial charge in [-0.2, -0.15) is 0 Å². The average Bonchev–Trinajstić information content (AvgIpc) is 2.73. The van der Waals surface area contributed by atoms with Gasteiger partial charge in [-0.3, -0.25) is 9.69 Å². The molecule has 0 N–H and O–H groups in total. The van der Waals surface area contributed by atoms with Crippen LogP contribution in [0.3, 0.4) is 0 Å². The van der Waals surface area contributed by atoms with Crippen molar-refractivity contribution >= 4 is 5.91 Å². The number of carbonyl (C=O) groups is 1. The summed E-state index contributed by atoms with van der Waals surface area (Å²) in [7, 11) is 3.39. The number of amides is 1. The number of nitrogens with zero attached hydrogens (tertiary/aromatic N) is 2. The molecule has 1 saturated carbocycles. The maximum atomic E-state index is 12.6. The zero-order valence-corrected chi connectivity index (χ0v) is 16.9. The zero-order chi connectivity index (χ0) is 19.1. The van der Waals surface area contributed by atoms with Crippen molar-refractivity contribution in [1.82, 2.24) is 9.80 Å². The van der Waals surface area contributed by atoms with E-state index in [1.807, 2.05) is 18.2 Å². The van der Waals surface area contributed by atoms with Crippen LogP contribution < -0.4 is 9.47 Å². The molecule has 1 aromatic rings. The van der Waals surface area contributed by atoms with Gasteiger partial charge < -0.3 is 14.4 Å². The lowest BCUT2D eigenvalue weighted by Crippen LogP contribution is -2.48. The van der Waals surface area contributed by atoms with Crippen LogP contribution in [0.25, 0.3) is 0 Å². The van der Waals surface area contributed by atoms with E-state index in [-0.39, 0.29) is 0 Å². The Hall–Kier alpha value is -1.75. The summed E-state index contributed by atoms with van der Waals surface area (Å²) >= 11 is 0. The van der Waals surface area contributed by atoms with E-state index in [9.17, 15) is 4.79 Å². The first-order chi connectivity index (χ1) is 13.2. The van der Waals surface area contributed by atoms with Crippen molar-refractivity contribution < 1.29 is 14.3 Å². The molecule has 3 rings (SSSR count). The first-order valence-corrected chi connectivity index (χ1v) is 10.4. The van der Waals surface area contributed by atoms with Crippen molar-refractivity contribution in [3.63, 3.8) is 0 Å². The molecule has 0 atom stereocenters. The Bertz CT molecular complexity index is 606. The maximum absolute atomic E-state index is 12.6. The van der Waals surface area contributed by atoms with E-state index in [1.165, 1.54) is 32.1 Å². The van der Waals surface area contributed by atoms with Crippen LogP contribution in [-0.4, -0.2) is 56.1 Å².